The summed E-state index contributed by atoms with van der Waals surface area (Å²) in [5, 5.41) is 0. The van der Waals surface area contributed by atoms with Gasteiger partial charge in [-0.2, -0.15) is 0 Å². The molecule has 1 aliphatic rings. The van der Waals surface area contributed by atoms with Crippen molar-refractivity contribution in [2.24, 2.45) is 5.73 Å². The van der Waals surface area contributed by atoms with E-state index < -0.39 is 15.7 Å². The molecule has 0 aromatic heterocycles. The highest BCUT2D eigenvalue weighted by atomic mass is 32.2. The summed E-state index contributed by atoms with van der Waals surface area (Å²) in [6.45, 7) is -0.114. The van der Waals surface area contributed by atoms with Crippen LogP contribution in [0.25, 0.3) is 0 Å². The second-order valence-electron chi connectivity index (χ2n) is 5.63. The van der Waals surface area contributed by atoms with Crippen LogP contribution in [-0.4, -0.2) is 44.0 Å². The summed E-state index contributed by atoms with van der Waals surface area (Å²) in [6, 6.07) is 5.78. The number of nitrogens with two attached hydrogens (primary N) is 1. The van der Waals surface area contributed by atoms with Gasteiger partial charge in [-0.15, -0.1) is 0 Å². The quantitative estimate of drug-likeness (QED) is 0.872. The van der Waals surface area contributed by atoms with Crippen LogP contribution in [0.15, 0.2) is 29.2 Å². The molecule has 1 fully saturated rings. The van der Waals surface area contributed by atoms with Gasteiger partial charge in [0.15, 0.2) is 9.84 Å². The van der Waals surface area contributed by atoms with Gasteiger partial charge in [0.2, 0.25) is 5.91 Å². The molecule has 0 unspecified atom stereocenters. The van der Waals surface area contributed by atoms with Crippen LogP contribution in [0.1, 0.15) is 36.0 Å². The Bertz CT molecular complexity index is 661. The Morgan fingerprint density at radius 2 is 1.73 bits per heavy atom. The first-order valence-corrected chi connectivity index (χ1v) is 9.07. The fraction of sp³-hybridized carbons (Fsp3) is 0.467. The van der Waals surface area contributed by atoms with E-state index in [1.807, 2.05) is 0 Å². The largest absolute Gasteiger partial charge is 0.368 e. The van der Waals surface area contributed by atoms with Gasteiger partial charge in [-0.3, -0.25) is 9.59 Å². The predicted molar refractivity (Wildman–Crippen MR) is 82.0 cm³/mol. The van der Waals surface area contributed by atoms with E-state index in [-0.39, 0.29) is 23.4 Å². The highest BCUT2D eigenvalue weighted by molar-refractivity contribution is 7.90. The third-order valence-electron chi connectivity index (χ3n) is 3.88. The van der Waals surface area contributed by atoms with E-state index in [1.54, 1.807) is 0 Å². The maximum absolute atomic E-state index is 12.6. The summed E-state index contributed by atoms with van der Waals surface area (Å²) in [4.78, 5) is 25.5. The zero-order valence-corrected chi connectivity index (χ0v) is 13.3. The molecular weight excluding hydrogens is 304 g/mol. The van der Waals surface area contributed by atoms with Gasteiger partial charge < -0.3 is 10.6 Å². The molecule has 1 aromatic rings. The number of carbonyl (C=O) groups is 2. The van der Waals surface area contributed by atoms with Gasteiger partial charge in [0.1, 0.15) is 0 Å². The molecule has 120 valence electrons. The zero-order valence-electron chi connectivity index (χ0n) is 12.5. The van der Waals surface area contributed by atoms with Crippen molar-refractivity contribution < 1.29 is 18.0 Å². The number of hydrogen-bond donors (Lipinski definition) is 1. The second kappa shape index (κ2) is 6.48. The van der Waals surface area contributed by atoms with Crippen molar-refractivity contribution >= 4 is 21.7 Å². The summed E-state index contributed by atoms with van der Waals surface area (Å²) in [5.41, 5.74) is 5.61. The maximum Gasteiger partial charge on any atom is 0.254 e. The van der Waals surface area contributed by atoms with Gasteiger partial charge in [-0.05, 0) is 37.1 Å². The van der Waals surface area contributed by atoms with Crippen molar-refractivity contribution in [3.8, 4) is 0 Å². The molecule has 0 saturated heterocycles. The van der Waals surface area contributed by atoms with Gasteiger partial charge in [0.05, 0.1) is 11.4 Å². The van der Waals surface area contributed by atoms with Crippen LogP contribution in [0.4, 0.5) is 0 Å². The van der Waals surface area contributed by atoms with Crippen molar-refractivity contribution in [3.63, 3.8) is 0 Å². The van der Waals surface area contributed by atoms with Crippen molar-refractivity contribution in [3.05, 3.63) is 29.8 Å². The van der Waals surface area contributed by atoms with Crippen molar-refractivity contribution in [2.45, 2.75) is 36.6 Å². The molecule has 0 spiro atoms. The number of hydrogen-bond acceptors (Lipinski definition) is 4. The van der Waals surface area contributed by atoms with Crippen LogP contribution >= 0.6 is 0 Å². The lowest BCUT2D eigenvalue weighted by atomic mass is 10.1. The monoisotopic (exact) mass is 324 g/mol. The van der Waals surface area contributed by atoms with Crippen LogP contribution < -0.4 is 5.73 Å². The van der Waals surface area contributed by atoms with Crippen LogP contribution in [0, 0.1) is 0 Å². The third-order valence-corrected chi connectivity index (χ3v) is 5.01. The lowest BCUT2D eigenvalue weighted by molar-refractivity contribution is -0.119. The Morgan fingerprint density at radius 1 is 1.18 bits per heavy atom. The van der Waals surface area contributed by atoms with Crippen LogP contribution in [0.3, 0.4) is 0 Å². The Labute approximate surface area is 130 Å². The highest BCUT2D eigenvalue weighted by Crippen LogP contribution is 2.25. The molecule has 0 heterocycles. The Morgan fingerprint density at radius 3 is 2.18 bits per heavy atom. The summed E-state index contributed by atoms with van der Waals surface area (Å²) in [6.07, 6.45) is 4.89. The molecule has 1 saturated carbocycles. The molecule has 7 heteroatoms. The first-order chi connectivity index (χ1) is 10.3. The first-order valence-electron chi connectivity index (χ1n) is 7.18. The number of carbonyl (C=O) groups excluding carboxylic acids is 2. The minimum absolute atomic E-state index is 0.0228. The molecule has 0 bridgehead atoms. The molecule has 0 radical (unpaired) electrons. The summed E-state index contributed by atoms with van der Waals surface area (Å²) in [7, 11) is -3.30. The minimum atomic E-state index is -3.30. The molecular formula is C15H20N2O4S. The molecule has 1 aromatic carbocycles. The molecule has 2 amide bonds. The van der Waals surface area contributed by atoms with E-state index in [1.165, 1.54) is 29.2 Å². The maximum atomic E-state index is 12.6. The van der Waals surface area contributed by atoms with Gasteiger partial charge >= 0.3 is 0 Å². The van der Waals surface area contributed by atoms with Gasteiger partial charge in [0, 0.05) is 17.9 Å². The number of rotatable bonds is 5. The van der Waals surface area contributed by atoms with E-state index in [0.717, 1.165) is 31.9 Å². The van der Waals surface area contributed by atoms with Gasteiger partial charge in [0.25, 0.3) is 5.91 Å². The Hall–Kier alpha value is -1.89. The second-order valence-corrected chi connectivity index (χ2v) is 7.65. The first kappa shape index (κ1) is 16.5. The zero-order chi connectivity index (χ0) is 16.3. The van der Waals surface area contributed by atoms with E-state index in [9.17, 15) is 18.0 Å². The van der Waals surface area contributed by atoms with Crippen molar-refractivity contribution in [1.82, 2.24) is 4.90 Å². The summed E-state index contributed by atoms with van der Waals surface area (Å²) in [5.74, 6) is -0.834. The van der Waals surface area contributed by atoms with Crippen molar-refractivity contribution in [1.29, 1.82) is 0 Å². The number of nitrogens with zero attached hydrogens (tertiary/aromatic N) is 1. The smallest absolute Gasteiger partial charge is 0.254 e. The van der Waals surface area contributed by atoms with Crippen LogP contribution in [-0.2, 0) is 14.6 Å². The summed E-state index contributed by atoms with van der Waals surface area (Å²) < 4.78 is 22.9. The number of amides is 2. The SMILES string of the molecule is CS(=O)(=O)c1ccc(C(=O)N(CC(N)=O)C2CCCC2)cc1. The average Bonchev–Trinajstić information content (AvgIpc) is 2.97. The molecule has 0 atom stereocenters. The standard InChI is InChI=1S/C15H20N2O4S/c1-22(20,21)13-8-6-11(7-9-13)15(19)17(10-14(16)18)12-4-2-3-5-12/h6-9,12H,2-5,10H2,1H3,(H2,16,18). The fourth-order valence-electron chi connectivity index (χ4n) is 2.76. The number of benzene rings is 1. The minimum Gasteiger partial charge on any atom is -0.368 e. The number of primary amides is 1. The van der Waals surface area contributed by atoms with E-state index in [4.69, 9.17) is 5.73 Å². The summed E-state index contributed by atoms with van der Waals surface area (Å²) >= 11 is 0. The van der Waals surface area contributed by atoms with E-state index >= 15 is 0 Å². The lowest BCUT2D eigenvalue weighted by Crippen LogP contribution is -2.44. The van der Waals surface area contributed by atoms with E-state index in [2.05, 4.69) is 0 Å². The van der Waals surface area contributed by atoms with Crippen LogP contribution in [0.5, 0.6) is 0 Å². The molecule has 2 N–H and O–H groups in total. The average molecular weight is 324 g/mol. The molecule has 1 aliphatic carbocycles. The van der Waals surface area contributed by atoms with Gasteiger partial charge in [-0.25, -0.2) is 8.42 Å². The highest BCUT2D eigenvalue weighted by Gasteiger charge is 2.28. The predicted octanol–water partition coefficient (Wildman–Crippen LogP) is 0.960. The third kappa shape index (κ3) is 3.85. The lowest BCUT2D eigenvalue weighted by Gasteiger charge is -2.27. The fourth-order valence-corrected chi connectivity index (χ4v) is 3.39. The van der Waals surface area contributed by atoms with Crippen molar-refractivity contribution in [2.75, 3.05) is 12.8 Å². The van der Waals surface area contributed by atoms with Gasteiger partial charge in [-0.1, -0.05) is 12.8 Å². The molecule has 2 rings (SSSR count). The normalized spacial score (nSPS) is 15.7. The topological polar surface area (TPSA) is 97.5 Å². The number of sulfone groups is 1. The Kier molecular flexibility index (Phi) is 4.85. The van der Waals surface area contributed by atoms with Crippen LogP contribution in [0.2, 0.25) is 0 Å². The molecule has 22 heavy (non-hydrogen) atoms. The van der Waals surface area contributed by atoms with E-state index in [0.29, 0.717) is 5.56 Å². The molecule has 6 nitrogen and oxygen atoms in total. The Balaban J connectivity index is 2.24. The molecule has 0 aliphatic heterocycles.